The maximum atomic E-state index is 3.85. The Labute approximate surface area is 136 Å². The zero-order chi connectivity index (χ0) is 15.8. The molecule has 0 saturated heterocycles. The SMILES string of the molecule is C=C/C=c1/cc(C2CCC(CCCCC)CC2)cc/c1=C/C. The molecule has 1 aromatic carbocycles. The second-order valence-electron chi connectivity index (χ2n) is 6.79. The summed E-state index contributed by atoms with van der Waals surface area (Å²) in [5.74, 6) is 1.76. The summed E-state index contributed by atoms with van der Waals surface area (Å²) in [7, 11) is 0. The van der Waals surface area contributed by atoms with Crippen LogP contribution in [0.25, 0.3) is 12.2 Å². The molecule has 0 amide bonds. The van der Waals surface area contributed by atoms with Gasteiger partial charge in [-0.25, -0.2) is 0 Å². The van der Waals surface area contributed by atoms with E-state index >= 15 is 0 Å². The Hall–Kier alpha value is -1.30. The summed E-state index contributed by atoms with van der Waals surface area (Å²) < 4.78 is 0. The van der Waals surface area contributed by atoms with Crippen molar-refractivity contribution in [1.29, 1.82) is 0 Å². The molecule has 0 aromatic heterocycles. The van der Waals surface area contributed by atoms with Crippen LogP contribution in [-0.4, -0.2) is 0 Å². The van der Waals surface area contributed by atoms with Gasteiger partial charge in [0.2, 0.25) is 0 Å². The molecule has 1 saturated carbocycles. The van der Waals surface area contributed by atoms with E-state index in [0.717, 1.165) is 11.8 Å². The van der Waals surface area contributed by atoms with Crippen LogP contribution in [0, 0.1) is 5.92 Å². The van der Waals surface area contributed by atoms with Gasteiger partial charge in [-0.3, -0.25) is 0 Å². The van der Waals surface area contributed by atoms with Gasteiger partial charge < -0.3 is 0 Å². The minimum Gasteiger partial charge on any atom is -0.0990 e. The molecule has 1 aliphatic rings. The monoisotopic (exact) mass is 296 g/mol. The van der Waals surface area contributed by atoms with Crippen LogP contribution in [0.1, 0.15) is 76.7 Å². The molecule has 120 valence electrons. The molecule has 0 spiro atoms. The Morgan fingerprint density at radius 1 is 1.09 bits per heavy atom. The number of hydrogen-bond donors (Lipinski definition) is 0. The molecule has 0 nitrogen and oxygen atoms in total. The van der Waals surface area contributed by atoms with Crippen molar-refractivity contribution < 1.29 is 0 Å². The van der Waals surface area contributed by atoms with Crippen molar-refractivity contribution in [2.24, 2.45) is 5.92 Å². The molecule has 0 heteroatoms. The van der Waals surface area contributed by atoms with Crippen LogP contribution in [0.3, 0.4) is 0 Å². The van der Waals surface area contributed by atoms with Gasteiger partial charge in [0.1, 0.15) is 0 Å². The lowest BCUT2D eigenvalue weighted by molar-refractivity contribution is 0.302. The third-order valence-electron chi connectivity index (χ3n) is 5.25. The van der Waals surface area contributed by atoms with E-state index in [1.54, 1.807) is 0 Å². The lowest BCUT2D eigenvalue weighted by atomic mass is 9.77. The molecule has 0 bridgehead atoms. The minimum atomic E-state index is 0.769. The summed E-state index contributed by atoms with van der Waals surface area (Å²) in [5.41, 5.74) is 1.53. The standard InChI is InChI=1S/C22H32/c1-4-7-8-10-18-11-13-20(14-12-18)22-16-15-19(6-3)21(17-22)9-5-2/h5-6,9,15-18,20H,2,4,7-8,10-14H2,1,3H3/b19-6-,21-9-. The largest absolute Gasteiger partial charge is 0.0990 e. The Balaban J connectivity index is 2.01. The maximum Gasteiger partial charge on any atom is -0.0162 e. The molecule has 0 aliphatic heterocycles. The maximum absolute atomic E-state index is 3.85. The van der Waals surface area contributed by atoms with Gasteiger partial charge in [-0.05, 0) is 60.4 Å². The molecule has 0 heterocycles. The van der Waals surface area contributed by atoms with E-state index in [0.29, 0.717) is 0 Å². The average Bonchev–Trinajstić information content (AvgIpc) is 2.56. The topological polar surface area (TPSA) is 0 Å². The first-order valence-corrected chi connectivity index (χ1v) is 9.17. The second-order valence-corrected chi connectivity index (χ2v) is 6.79. The van der Waals surface area contributed by atoms with E-state index in [-0.39, 0.29) is 0 Å². The summed E-state index contributed by atoms with van der Waals surface area (Å²) >= 11 is 0. The van der Waals surface area contributed by atoms with Crippen molar-refractivity contribution in [2.45, 2.75) is 71.1 Å². The van der Waals surface area contributed by atoms with Crippen LogP contribution >= 0.6 is 0 Å². The van der Waals surface area contributed by atoms with E-state index < -0.39 is 0 Å². The average molecular weight is 296 g/mol. The van der Waals surface area contributed by atoms with Gasteiger partial charge in [0.05, 0.1) is 0 Å². The molecule has 1 aliphatic carbocycles. The first kappa shape index (κ1) is 17.1. The van der Waals surface area contributed by atoms with Crippen molar-refractivity contribution in [3.05, 3.63) is 46.9 Å². The zero-order valence-electron chi connectivity index (χ0n) is 14.5. The van der Waals surface area contributed by atoms with Crippen LogP contribution in [0.4, 0.5) is 0 Å². The number of rotatable bonds is 6. The molecule has 1 fully saturated rings. The molecule has 2 rings (SSSR count). The van der Waals surface area contributed by atoms with Crippen LogP contribution in [0.2, 0.25) is 0 Å². The molecule has 1 aromatic rings. The number of allylic oxidation sites excluding steroid dienone is 1. The van der Waals surface area contributed by atoms with Crippen LogP contribution in [-0.2, 0) is 0 Å². The highest BCUT2D eigenvalue weighted by Gasteiger charge is 2.21. The van der Waals surface area contributed by atoms with Crippen LogP contribution in [0.15, 0.2) is 30.9 Å². The first-order chi connectivity index (χ1) is 10.8. The number of benzene rings is 1. The van der Waals surface area contributed by atoms with Crippen molar-refractivity contribution in [1.82, 2.24) is 0 Å². The fraction of sp³-hybridized carbons (Fsp3) is 0.545. The number of hydrogen-bond acceptors (Lipinski definition) is 0. The van der Waals surface area contributed by atoms with E-state index in [4.69, 9.17) is 0 Å². The Kier molecular flexibility index (Phi) is 6.96. The van der Waals surface area contributed by atoms with Gasteiger partial charge in [-0.15, -0.1) is 0 Å². The van der Waals surface area contributed by atoms with Gasteiger partial charge >= 0.3 is 0 Å². The van der Waals surface area contributed by atoms with Gasteiger partial charge in [-0.1, -0.05) is 75.6 Å². The van der Waals surface area contributed by atoms with Crippen LogP contribution in [0.5, 0.6) is 0 Å². The van der Waals surface area contributed by atoms with E-state index in [2.05, 4.69) is 50.8 Å². The molecule has 0 unspecified atom stereocenters. The fourth-order valence-electron chi connectivity index (χ4n) is 3.85. The van der Waals surface area contributed by atoms with Gasteiger partial charge in [0.15, 0.2) is 0 Å². The summed E-state index contributed by atoms with van der Waals surface area (Å²) in [4.78, 5) is 0. The highest BCUT2D eigenvalue weighted by molar-refractivity contribution is 5.40. The Morgan fingerprint density at radius 3 is 2.50 bits per heavy atom. The fourth-order valence-corrected chi connectivity index (χ4v) is 3.85. The second kappa shape index (κ2) is 8.98. The molecule has 0 N–H and O–H groups in total. The van der Waals surface area contributed by atoms with Gasteiger partial charge in [0.25, 0.3) is 0 Å². The zero-order valence-corrected chi connectivity index (χ0v) is 14.5. The third kappa shape index (κ3) is 4.60. The van der Waals surface area contributed by atoms with E-state index in [1.165, 1.54) is 67.4 Å². The lowest BCUT2D eigenvalue weighted by Crippen LogP contribution is -2.25. The van der Waals surface area contributed by atoms with Crippen molar-refractivity contribution in [3.63, 3.8) is 0 Å². The quantitative estimate of drug-likeness (QED) is 0.624. The summed E-state index contributed by atoms with van der Waals surface area (Å²) in [6.45, 7) is 8.26. The van der Waals surface area contributed by atoms with Gasteiger partial charge in [-0.2, -0.15) is 0 Å². The van der Waals surface area contributed by atoms with E-state index in [1.807, 2.05) is 6.08 Å². The van der Waals surface area contributed by atoms with Crippen molar-refractivity contribution >= 4 is 12.2 Å². The van der Waals surface area contributed by atoms with Gasteiger partial charge in [0, 0.05) is 0 Å². The first-order valence-electron chi connectivity index (χ1n) is 9.17. The van der Waals surface area contributed by atoms with Crippen LogP contribution < -0.4 is 10.4 Å². The molecule has 22 heavy (non-hydrogen) atoms. The highest BCUT2D eigenvalue weighted by Crippen LogP contribution is 2.37. The predicted octanol–water partition coefficient (Wildman–Crippen LogP) is 5.31. The van der Waals surface area contributed by atoms with E-state index in [9.17, 15) is 0 Å². The summed E-state index contributed by atoms with van der Waals surface area (Å²) in [6, 6.07) is 7.01. The molecular formula is C22H32. The third-order valence-corrected chi connectivity index (χ3v) is 5.25. The Bertz CT molecular complexity index is 571. The number of unbranched alkanes of at least 4 members (excludes halogenated alkanes) is 2. The summed E-state index contributed by atoms with van der Waals surface area (Å²) in [5, 5.41) is 2.64. The normalized spacial score (nSPS) is 23.7. The molecule has 0 atom stereocenters. The predicted molar refractivity (Wildman–Crippen MR) is 99.3 cm³/mol. The molecular weight excluding hydrogens is 264 g/mol. The minimum absolute atomic E-state index is 0.769. The Morgan fingerprint density at radius 2 is 1.86 bits per heavy atom. The smallest absolute Gasteiger partial charge is 0.0162 e. The highest BCUT2D eigenvalue weighted by atomic mass is 14.3. The van der Waals surface area contributed by atoms with Crippen molar-refractivity contribution in [3.8, 4) is 0 Å². The lowest BCUT2D eigenvalue weighted by Gasteiger charge is -2.29. The van der Waals surface area contributed by atoms with Crippen molar-refractivity contribution in [2.75, 3.05) is 0 Å². The molecule has 0 radical (unpaired) electrons. The summed E-state index contributed by atoms with van der Waals surface area (Å²) in [6.07, 6.45) is 17.5.